The predicted molar refractivity (Wildman–Crippen MR) is 124 cm³/mol. The van der Waals surface area contributed by atoms with Gasteiger partial charge < -0.3 is 15.0 Å². The fourth-order valence-electron chi connectivity index (χ4n) is 6.72. The molecular weight excluding hydrogens is 400 g/mol. The van der Waals surface area contributed by atoms with Crippen LogP contribution in [0.3, 0.4) is 0 Å². The van der Waals surface area contributed by atoms with E-state index in [9.17, 15) is 9.59 Å². The van der Waals surface area contributed by atoms with Crippen LogP contribution >= 0.6 is 0 Å². The maximum absolute atomic E-state index is 13.1. The number of carbonyl (C=O) groups is 2. The van der Waals surface area contributed by atoms with E-state index in [4.69, 9.17) is 4.74 Å². The smallest absolute Gasteiger partial charge is 0.251 e. The number of piperidine rings is 1. The van der Waals surface area contributed by atoms with Gasteiger partial charge in [-0.1, -0.05) is 13.0 Å². The molecule has 1 aromatic carbocycles. The summed E-state index contributed by atoms with van der Waals surface area (Å²) in [5.74, 6) is 3.70. The van der Waals surface area contributed by atoms with Crippen LogP contribution in [-0.2, 0) is 4.79 Å². The Morgan fingerprint density at radius 1 is 1.03 bits per heavy atom. The maximum Gasteiger partial charge on any atom is 0.251 e. The van der Waals surface area contributed by atoms with E-state index in [1.165, 1.54) is 19.3 Å². The SMILES string of the molecule is CC1CC2CC(C1)CC(C)(NC(=O)c1cccc(OC3CCN(C(=O)C4CC4)CC3)c1)C2. The molecule has 1 aromatic rings. The van der Waals surface area contributed by atoms with Crippen LogP contribution in [0, 0.1) is 23.7 Å². The number of amides is 2. The quantitative estimate of drug-likeness (QED) is 0.718. The Balaban J connectivity index is 1.16. The summed E-state index contributed by atoms with van der Waals surface area (Å²) >= 11 is 0. The van der Waals surface area contributed by atoms with Gasteiger partial charge in [0.1, 0.15) is 11.9 Å². The standard InChI is InChI=1S/C27H38N2O3/c1-18-12-19-14-20(13-18)17-27(2,16-19)28-25(30)22-4-3-5-24(15-22)32-23-8-10-29(11-9-23)26(31)21-6-7-21/h3-5,15,18-21,23H,6-14,16-17H2,1-2H3,(H,28,30). The third-order valence-corrected chi connectivity index (χ3v) is 8.11. The van der Waals surface area contributed by atoms with Crippen molar-refractivity contribution in [2.75, 3.05) is 13.1 Å². The van der Waals surface area contributed by atoms with Gasteiger partial charge in [-0.15, -0.1) is 0 Å². The zero-order valence-corrected chi connectivity index (χ0v) is 19.6. The Bertz CT molecular complexity index is 838. The first-order valence-corrected chi connectivity index (χ1v) is 12.7. The Morgan fingerprint density at radius 3 is 2.38 bits per heavy atom. The van der Waals surface area contributed by atoms with Crippen molar-refractivity contribution in [3.8, 4) is 5.75 Å². The Morgan fingerprint density at radius 2 is 1.72 bits per heavy atom. The summed E-state index contributed by atoms with van der Waals surface area (Å²) in [6, 6.07) is 7.61. The summed E-state index contributed by atoms with van der Waals surface area (Å²) < 4.78 is 6.22. The molecule has 3 aliphatic carbocycles. The van der Waals surface area contributed by atoms with E-state index in [1.54, 1.807) is 0 Å². The molecule has 1 aliphatic heterocycles. The topological polar surface area (TPSA) is 58.6 Å². The second-order valence-corrected chi connectivity index (χ2v) is 11.4. The predicted octanol–water partition coefficient (Wildman–Crippen LogP) is 4.80. The van der Waals surface area contributed by atoms with E-state index in [1.807, 2.05) is 29.2 Å². The van der Waals surface area contributed by atoms with Crippen molar-refractivity contribution in [3.63, 3.8) is 0 Å². The summed E-state index contributed by atoms with van der Waals surface area (Å²) in [5.41, 5.74) is 0.567. The molecule has 4 fully saturated rings. The number of fused-ring (bicyclic) bond motifs is 2. The Labute approximate surface area is 192 Å². The van der Waals surface area contributed by atoms with Crippen LogP contribution in [0.25, 0.3) is 0 Å². The second-order valence-electron chi connectivity index (χ2n) is 11.4. The van der Waals surface area contributed by atoms with E-state index in [0.717, 1.165) is 75.1 Å². The van der Waals surface area contributed by atoms with Crippen molar-refractivity contribution >= 4 is 11.8 Å². The number of benzene rings is 1. The van der Waals surface area contributed by atoms with E-state index in [-0.39, 0.29) is 23.5 Å². The molecule has 5 nitrogen and oxygen atoms in total. The minimum Gasteiger partial charge on any atom is -0.490 e. The van der Waals surface area contributed by atoms with Crippen molar-refractivity contribution < 1.29 is 14.3 Å². The third kappa shape index (κ3) is 4.97. The largest absolute Gasteiger partial charge is 0.490 e. The number of nitrogens with one attached hydrogen (secondary N) is 1. The Hall–Kier alpha value is -2.04. The lowest BCUT2D eigenvalue weighted by molar-refractivity contribution is -0.134. The van der Waals surface area contributed by atoms with Crippen LogP contribution in [-0.4, -0.2) is 41.4 Å². The van der Waals surface area contributed by atoms with Crippen LogP contribution in [0.2, 0.25) is 0 Å². The number of hydrogen-bond donors (Lipinski definition) is 1. The van der Waals surface area contributed by atoms with Gasteiger partial charge >= 0.3 is 0 Å². The van der Waals surface area contributed by atoms with Crippen LogP contribution < -0.4 is 10.1 Å². The highest BCUT2D eigenvalue weighted by Gasteiger charge is 2.42. The number of likely N-dealkylation sites (tertiary alicyclic amines) is 1. The first-order valence-electron chi connectivity index (χ1n) is 12.7. The molecule has 0 spiro atoms. The van der Waals surface area contributed by atoms with E-state index < -0.39 is 0 Å². The van der Waals surface area contributed by atoms with E-state index >= 15 is 0 Å². The molecule has 1 heterocycles. The number of nitrogens with zero attached hydrogens (tertiary/aromatic N) is 1. The lowest BCUT2D eigenvalue weighted by atomic mass is 9.62. The van der Waals surface area contributed by atoms with E-state index in [2.05, 4.69) is 19.2 Å². The fraction of sp³-hybridized carbons (Fsp3) is 0.704. The molecule has 0 radical (unpaired) electrons. The third-order valence-electron chi connectivity index (χ3n) is 8.11. The zero-order chi connectivity index (χ0) is 22.3. The first kappa shape index (κ1) is 21.8. The minimum absolute atomic E-state index is 0.0100. The molecular formula is C27H38N2O3. The summed E-state index contributed by atoms with van der Waals surface area (Å²) in [5, 5.41) is 3.38. The van der Waals surface area contributed by atoms with Crippen molar-refractivity contribution in [3.05, 3.63) is 29.8 Å². The summed E-state index contributed by atoms with van der Waals surface area (Å²) in [7, 11) is 0. The summed E-state index contributed by atoms with van der Waals surface area (Å²) in [6.45, 7) is 6.16. The van der Waals surface area contributed by atoms with Crippen LogP contribution in [0.1, 0.15) is 82.0 Å². The molecule has 174 valence electrons. The fourth-order valence-corrected chi connectivity index (χ4v) is 6.72. The van der Waals surface area contributed by atoms with Gasteiger partial charge in [0.2, 0.25) is 5.91 Å². The molecule has 32 heavy (non-hydrogen) atoms. The monoisotopic (exact) mass is 438 g/mol. The molecule has 5 rings (SSSR count). The first-order chi connectivity index (χ1) is 15.4. The lowest BCUT2D eigenvalue weighted by Crippen LogP contribution is -2.52. The average molecular weight is 439 g/mol. The van der Waals surface area contributed by atoms with Gasteiger partial charge in [0.25, 0.3) is 5.91 Å². The van der Waals surface area contributed by atoms with Gasteiger partial charge in [0, 0.05) is 43.0 Å². The van der Waals surface area contributed by atoms with Gasteiger partial charge in [-0.3, -0.25) is 9.59 Å². The molecule has 1 N–H and O–H groups in total. The summed E-state index contributed by atoms with van der Waals surface area (Å²) in [4.78, 5) is 27.4. The number of hydrogen-bond acceptors (Lipinski definition) is 3. The minimum atomic E-state index is -0.109. The molecule has 0 aromatic heterocycles. The molecule has 2 unspecified atom stereocenters. The molecule has 2 bridgehead atoms. The van der Waals surface area contributed by atoms with Crippen molar-refractivity contribution in [1.82, 2.24) is 10.2 Å². The lowest BCUT2D eigenvalue weighted by Gasteiger charge is -2.47. The van der Waals surface area contributed by atoms with Crippen molar-refractivity contribution in [2.24, 2.45) is 23.7 Å². The molecule has 5 heteroatoms. The number of carbonyl (C=O) groups excluding carboxylic acids is 2. The van der Waals surface area contributed by atoms with Crippen molar-refractivity contribution in [1.29, 1.82) is 0 Å². The molecule has 1 saturated heterocycles. The molecule has 2 atom stereocenters. The normalized spacial score (nSPS) is 32.9. The Kier molecular flexibility index (Phi) is 5.94. The van der Waals surface area contributed by atoms with E-state index in [0.29, 0.717) is 11.5 Å². The number of rotatable bonds is 5. The van der Waals surface area contributed by atoms with Crippen LogP contribution in [0.5, 0.6) is 5.75 Å². The van der Waals surface area contributed by atoms with Gasteiger partial charge in [-0.25, -0.2) is 0 Å². The average Bonchev–Trinajstić information content (AvgIpc) is 3.58. The molecule has 2 amide bonds. The van der Waals surface area contributed by atoms with Gasteiger partial charge in [0.15, 0.2) is 0 Å². The van der Waals surface area contributed by atoms with Crippen LogP contribution in [0.15, 0.2) is 24.3 Å². The highest BCUT2D eigenvalue weighted by molar-refractivity contribution is 5.95. The van der Waals surface area contributed by atoms with Gasteiger partial charge in [-0.05, 0) is 87.8 Å². The summed E-state index contributed by atoms with van der Waals surface area (Å²) in [6.07, 6.45) is 10.1. The highest BCUT2D eigenvalue weighted by atomic mass is 16.5. The zero-order valence-electron chi connectivity index (χ0n) is 19.6. The number of ether oxygens (including phenoxy) is 1. The maximum atomic E-state index is 13.1. The highest BCUT2D eigenvalue weighted by Crippen LogP contribution is 2.46. The van der Waals surface area contributed by atoms with Crippen LogP contribution in [0.4, 0.5) is 0 Å². The molecule has 3 saturated carbocycles. The van der Waals surface area contributed by atoms with Gasteiger partial charge in [-0.2, -0.15) is 0 Å². The van der Waals surface area contributed by atoms with Crippen molar-refractivity contribution in [2.45, 2.75) is 83.3 Å². The second kappa shape index (κ2) is 8.72. The van der Waals surface area contributed by atoms with Gasteiger partial charge in [0.05, 0.1) is 0 Å². The molecule has 4 aliphatic rings.